The second kappa shape index (κ2) is 7.70. The number of anilines is 2. The molecule has 0 unspecified atom stereocenters. The highest BCUT2D eigenvalue weighted by molar-refractivity contribution is 7.22. The van der Waals surface area contributed by atoms with Crippen LogP contribution < -0.4 is 10.2 Å². The molecule has 1 aliphatic heterocycles. The van der Waals surface area contributed by atoms with Crippen molar-refractivity contribution in [3.63, 3.8) is 0 Å². The quantitative estimate of drug-likeness (QED) is 0.596. The van der Waals surface area contributed by atoms with Crippen LogP contribution in [-0.2, 0) is 5.60 Å². The first kappa shape index (κ1) is 19.8. The lowest BCUT2D eigenvalue weighted by Crippen LogP contribution is -2.32. The number of benzene rings is 1. The Balaban J connectivity index is 1.51. The summed E-state index contributed by atoms with van der Waals surface area (Å²) < 4.78 is 0. The Kier molecular flexibility index (Phi) is 5.24. The van der Waals surface area contributed by atoms with E-state index in [1.165, 1.54) is 11.3 Å². The average molecular weight is 413 g/mol. The number of hydrogen-bond donors (Lipinski definition) is 3. The number of fused-ring (bicyclic) bond motifs is 1. The number of hydrogen-bond acceptors (Lipinski definition) is 7. The van der Waals surface area contributed by atoms with Gasteiger partial charge in [0.05, 0.1) is 18.2 Å². The number of aliphatic hydroxyl groups is 2. The van der Waals surface area contributed by atoms with Crippen molar-refractivity contribution in [2.75, 3.05) is 23.4 Å². The fraction of sp³-hybridized carbons (Fsp3) is 0.381. The summed E-state index contributed by atoms with van der Waals surface area (Å²) in [5.41, 5.74) is 1.02. The molecule has 3 heterocycles. The minimum absolute atomic E-state index is 0.110. The largest absolute Gasteiger partial charge is 0.394 e. The number of carbonyl (C=O) groups is 1. The third-order valence-electron chi connectivity index (χ3n) is 5.20. The highest BCUT2D eigenvalue weighted by Crippen LogP contribution is 2.30. The van der Waals surface area contributed by atoms with Crippen LogP contribution in [0.1, 0.15) is 42.6 Å². The van der Waals surface area contributed by atoms with E-state index in [4.69, 9.17) is 0 Å². The lowest BCUT2D eigenvalue weighted by Gasteiger charge is -2.23. The predicted octanol–water partition coefficient (Wildman–Crippen LogP) is 3.13. The molecule has 1 fully saturated rings. The van der Waals surface area contributed by atoms with Crippen molar-refractivity contribution in [2.24, 2.45) is 0 Å². The Morgan fingerprint density at radius 3 is 2.69 bits per heavy atom. The molecule has 0 saturated carbocycles. The van der Waals surface area contributed by atoms with Gasteiger partial charge in [-0.2, -0.15) is 0 Å². The molecule has 0 aliphatic carbocycles. The number of aliphatic hydroxyl groups excluding tert-OH is 1. The second-order valence-electron chi connectivity index (χ2n) is 7.78. The van der Waals surface area contributed by atoms with Gasteiger partial charge in [0, 0.05) is 12.1 Å². The molecule has 3 N–H and O–H groups in total. The van der Waals surface area contributed by atoms with E-state index in [2.05, 4.69) is 20.2 Å². The summed E-state index contributed by atoms with van der Waals surface area (Å²) in [6.45, 7) is 4.41. The van der Waals surface area contributed by atoms with Gasteiger partial charge in [-0.05, 0) is 56.5 Å². The maximum Gasteiger partial charge on any atom is 0.257 e. The summed E-state index contributed by atoms with van der Waals surface area (Å²) in [6.07, 6.45) is 2.01. The number of aromatic nitrogens is 2. The monoisotopic (exact) mass is 412 g/mol. The Hall–Kier alpha value is -2.55. The highest BCUT2D eigenvalue weighted by Gasteiger charge is 2.25. The highest BCUT2D eigenvalue weighted by atomic mass is 32.1. The zero-order chi connectivity index (χ0) is 20.6. The molecule has 1 amide bonds. The summed E-state index contributed by atoms with van der Waals surface area (Å²) in [6, 6.07) is 10.8. The summed E-state index contributed by atoms with van der Waals surface area (Å²) in [5.74, 6) is 0.573. The minimum atomic E-state index is -0.949. The van der Waals surface area contributed by atoms with Crippen molar-refractivity contribution >= 4 is 38.5 Å². The standard InChI is InChI=1S/C21H24N4O3S/c1-21(2,28)14-7-5-13(6-8-14)18(27)24-20-22-16-9-10-17(23-19(16)29-20)25-11-3-4-15(25)12-26/h5-10,15,26,28H,3-4,11-12H2,1-2H3,(H,22,24,27)/t15-/m0/s1. The van der Waals surface area contributed by atoms with E-state index in [1.807, 2.05) is 12.1 Å². The van der Waals surface area contributed by atoms with Crippen molar-refractivity contribution in [1.82, 2.24) is 9.97 Å². The van der Waals surface area contributed by atoms with Gasteiger partial charge in [-0.3, -0.25) is 10.1 Å². The van der Waals surface area contributed by atoms with Gasteiger partial charge in [0.25, 0.3) is 5.91 Å². The number of nitrogens with zero attached hydrogens (tertiary/aromatic N) is 3. The van der Waals surface area contributed by atoms with E-state index in [9.17, 15) is 15.0 Å². The zero-order valence-electron chi connectivity index (χ0n) is 16.4. The van der Waals surface area contributed by atoms with E-state index < -0.39 is 5.60 Å². The number of rotatable bonds is 5. The van der Waals surface area contributed by atoms with Gasteiger partial charge in [0.2, 0.25) is 0 Å². The Morgan fingerprint density at radius 2 is 2.00 bits per heavy atom. The molecule has 0 bridgehead atoms. The fourth-order valence-electron chi connectivity index (χ4n) is 3.55. The lowest BCUT2D eigenvalue weighted by molar-refractivity contribution is 0.0785. The van der Waals surface area contributed by atoms with Gasteiger partial charge < -0.3 is 15.1 Å². The second-order valence-corrected chi connectivity index (χ2v) is 8.75. The number of nitrogens with one attached hydrogen (secondary N) is 1. The number of thiazole rings is 1. The normalized spacial score (nSPS) is 17.1. The molecule has 4 rings (SSSR count). The minimum Gasteiger partial charge on any atom is -0.394 e. The van der Waals surface area contributed by atoms with Gasteiger partial charge in [0.15, 0.2) is 5.13 Å². The first-order chi connectivity index (χ1) is 13.8. The molecule has 152 valence electrons. The third kappa shape index (κ3) is 4.10. The van der Waals surface area contributed by atoms with Crippen LogP contribution >= 0.6 is 11.3 Å². The SMILES string of the molecule is CC(C)(O)c1ccc(C(=O)Nc2nc3ccc(N4CCC[C@H]4CO)nc3s2)cc1. The van der Waals surface area contributed by atoms with Crippen LogP contribution in [0.3, 0.4) is 0 Å². The van der Waals surface area contributed by atoms with Gasteiger partial charge in [-0.1, -0.05) is 23.5 Å². The van der Waals surface area contributed by atoms with Crippen molar-refractivity contribution in [3.8, 4) is 0 Å². The Labute approximate surface area is 173 Å². The van der Waals surface area contributed by atoms with Crippen LogP contribution in [0.2, 0.25) is 0 Å². The van der Waals surface area contributed by atoms with Crippen LogP contribution in [0.15, 0.2) is 36.4 Å². The number of amides is 1. The topological polar surface area (TPSA) is 98.6 Å². The molecule has 29 heavy (non-hydrogen) atoms. The van der Waals surface area contributed by atoms with E-state index in [0.29, 0.717) is 10.7 Å². The van der Waals surface area contributed by atoms with Gasteiger partial charge in [0.1, 0.15) is 16.2 Å². The van der Waals surface area contributed by atoms with Crippen LogP contribution in [0, 0.1) is 0 Å². The predicted molar refractivity (Wildman–Crippen MR) is 115 cm³/mol. The summed E-state index contributed by atoms with van der Waals surface area (Å²) in [5, 5.41) is 22.9. The molecule has 8 heteroatoms. The molecular formula is C21H24N4O3S. The van der Waals surface area contributed by atoms with E-state index in [0.717, 1.165) is 41.1 Å². The van der Waals surface area contributed by atoms with Gasteiger partial charge in [-0.15, -0.1) is 0 Å². The number of carbonyl (C=O) groups excluding carboxylic acids is 1. The molecule has 3 aromatic rings. The first-order valence-corrected chi connectivity index (χ1v) is 10.5. The maximum absolute atomic E-state index is 12.5. The first-order valence-electron chi connectivity index (χ1n) is 9.64. The third-order valence-corrected chi connectivity index (χ3v) is 6.08. The van der Waals surface area contributed by atoms with Crippen LogP contribution in [0.25, 0.3) is 10.3 Å². The zero-order valence-corrected chi connectivity index (χ0v) is 17.2. The molecule has 7 nitrogen and oxygen atoms in total. The van der Waals surface area contributed by atoms with Crippen LogP contribution in [0.4, 0.5) is 10.9 Å². The number of pyridine rings is 1. The van der Waals surface area contributed by atoms with Crippen molar-refractivity contribution in [2.45, 2.75) is 38.3 Å². The van der Waals surface area contributed by atoms with Crippen molar-refractivity contribution in [1.29, 1.82) is 0 Å². The fourth-order valence-corrected chi connectivity index (χ4v) is 4.37. The lowest BCUT2D eigenvalue weighted by atomic mass is 9.97. The molecule has 2 aromatic heterocycles. The van der Waals surface area contributed by atoms with Gasteiger partial charge in [-0.25, -0.2) is 9.97 Å². The summed E-state index contributed by atoms with van der Waals surface area (Å²) >= 11 is 1.33. The maximum atomic E-state index is 12.5. The molecule has 0 spiro atoms. The molecule has 1 saturated heterocycles. The Morgan fingerprint density at radius 1 is 1.24 bits per heavy atom. The van der Waals surface area contributed by atoms with E-state index in [1.54, 1.807) is 38.1 Å². The van der Waals surface area contributed by atoms with Crippen LogP contribution in [-0.4, -0.2) is 45.3 Å². The molecule has 1 aromatic carbocycles. The molecule has 0 radical (unpaired) electrons. The van der Waals surface area contributed by atoms with E-state index >= 15 is 0 Å². The smallest absolute Gasteiger partial charge is 0.257 e. The van der Waals surface area contributed by atoms with Crippen molar-refractivity contribution in [3.05, 3.63) is 47.5 Å². The Bertz CT molecular complexity index is 1030. The molecule has 1 atom stereocenters. The molecule has 1 aliphatic rings. The van der Waals surface area contributed by atoms with Crippen molar-refractivity contribution < 1.29 is 15.0 Å². The summed E-state index contributed by atoms with van der Waals surface area (Å²) in [7, 11) is 0. The molecular weight excluding hydrogens is 388 g/mol. The summed E-state index contributed by atoms with van der Waals surface area (Å²) in [4.78, 5) is 24.6. The van der Waals surface area contributed by atoms with Gasteiger partial charge >= 0.3 is 0 Å². The van der Waals surface area contributed by atoms with Crippen LogP contribution in [0.5, 0.6) is 0 Å². The average Bonchev–Trinajstić information content (AvgIpc) is 3.32. The van der Waals surface area contributed by atoms with E-state index in [-0.39, 0.29) is 18.6 Å².